The molecule has 0 N–H and O–H groups in total. The Morgan fingerprint density at radius 3 is 3.11 bits per heavy atom. The van der Waals surface area contributed by atoms with E-state index in [2.05, 4.69) is 29.6 Å². The molecule has 1 aliphatic heterocycles. The van der Waals surface area contributed by atoms with Crippen molar-refractivity contribution >= 4 is 14.7 Å². The molecule has 2 aromatic rings. The molecule has 4 nitrogen and oxygen atoms in total. The Balaban J connectivity index is 2.06. The number of fused-ring (bicyclic) bond motifs is 3. The number of rotatable bonds is 3. The quantitative estimate of drug-likeness (QED) is 0.643. The van der Waals surface area contributed by atoms with E-state index in [1.807, 2.05) is 18.2 Å². The molecule has 1 aromatic heterocycles. The van der Waals surface area contributed by atoms with Crippen LogP contribution in [-0.4, -0.2) is 30.5 Å². The SMILES string of the molecule is C=CCOc1ccc2c(c1)OC(C)(C)c1[se]nnc1-2. The Kier molecular flexibility index (Phi) is 2.96. The molecule has 2 heterocycles. The molecule has 0 bridgehead atoms. The fraction of sp³-hybridized carbons (Fsp3) is 0.286. The van der Waals surface area contributed by atoms with Gasteiger partial charge in [-0.1, -0.05) is 0 Å². The normalized spacial score (nSPS) is 15.1. The molecule has 0 unspecified atom stereocenters. The molecule has 0 saturated heterocycles. The Morgan fingerprint density at radius 1 is 1.47 bits per heavy atom. The van der Waals surface area contributed by atoms with Crippen LogP contribution in [0.15, 0.2) is 30.9 Å². The van der Waals surface area contributed by atoms with E-state index in [0.717, 1.165) is 22.8 Å². The number of hydrogen-bond donors (Lipinski definition) is 0. The van der Waals surface area contributed by atoms with Crippen LogP contribution in [0.2, 0.25) is 0 Å². The van der Waals surface area contributed by atoms with Crippen LogP contribution in [-0.2, 0) is 5.60 Å². The molecule has 1 aliphatic rings. The van der Waals surface area contributed by atoms with Crippen molar-refractivity contribution in [1.82, 2.24) is 9.19 Å². The van der Waals surface area contributed by atoms with Crippen LogP contribution in [0.5, 0.6) is 11.5 Å². The van der Waals surface area contributed by atoms with Crippen LogP contribution in [0.3, 0.4) is 0 Å². The third-order valence-corrected chi connectivity index (χ3v) is 5.14. The molecule has 1 aromatic carbocycles. The second-order valence-corrected chi connectivity index (χ2v) is 6.40. The van der Waals surface area contributed by atoms with Gasteiger partial charge >= 0.3 is 118 Å². The Morgan fingerprint density at radius 2 is 2.32 bits per heavy atom. The van der Waals surface area contributed by atoms with Gasteiger partial charge in [0.15, 0.2) is 0 Å². The van der Waals surface area contributed by atoms with E-state index >= 15 is 0 Å². The zero-order valence-corrected chi connectivity index (χ0v) is 12.6. The topological polar surface area (TPSA) is 44.2 Å². The molecule has 3 rings (SSSR count). The first-order valence-corrected chi connectivity index (χ1v) is 7.64. The van der Waals surface area contributed by atoms with Gasteiger partial charge in [-0.15, -0.1) is 0 Å². The summed E-state index contributed by atoms with van der Waals surface area (Å²) in [6.07, 6.45) is 1.72. The van der Waals surface area contributed by atoms with Crippen LogP contribution in [0.1, 0.15) is 18.3 Å². The molecular weight excluding hydrogens is 307 g/mol. The number of ether oxygens (including phenoxy) is 2. The minimum absolute atomic E-state index is 0.0501. The summed E-state index contributed by atoms with van der Waals surface area (Å²) in [4.78, 5) is 0. The number of benzene rings is 1. The van der Waals surface area contributed by atoms with Gasteiger partial charge in [-0.25, -0.2) is 0 Å². The van der Waals surface area contributed by atoms with Crippen molar-refractivity contribution in [3.63, 3.8) is 0 Å². The summed E-state index contributed by atoms with van der Waals surface area (Å²) in [6.45, 7) is 8.24. The van der Waals surface area contributed by atoms with Gasteiger partial charge in [0, 0.05) is 0 Å². The average Bonchev–Trinajstić information content (AvgIpc) is 2.86. The van der Waals surface area contributed by atoms with Crippen molar-refractivity contribution in [2.45, 2.75) is 19.4 Å². The van der Waals surface area contributed by atoms with Crippen LogP contribution in [0.4, 0.5) is 0 Å². The molecule has 0 fully saturated rings. The van der Waals surface area contributed by atoms with Gasteiger partial charge in [0.25, 0.3) is 0 Å². The minimum atomic E-state index is -0.344. The predicted molar refractivity (Wildman–Crippen MR) is 73.8 cm³/mol. The van der Waals surface area contributed by atoms with Crippen molar-refractivity contribution in [3.05, 3.63) is 35.3 Å². The van der Waals surface area contributed by atoms with Crippen LogP contribution in [0.25, 0.3) is 11.3 Å². The Labute approximate surface area is 118 Å². The molecule has 19 heavy (non-hydrogen) atoms. The first-order chi connectivity index (χ1) is 9.12. The van der Waals surface area contributed by atoms with E-state index in [1.165, 1.54) is 4.44 Å². The maximum absolute atomic E-state index is 6.09. The molecule has 98 valence electrons. The summed E-state index contributed by atoms with van der Waals surface area (Å²) in [7, 11) is 0. The van der Waals surface area contributed by atoms with Crippen molar-refractivity contribution < 1.29 is 9.47 Å². The van der Waals surface area contributed by atoms with E-state index in [0.29, 0.717) is 6.61 Å². The number of hydrogen-bond acceptors (Lipinski definition) is 4. The van der Waals surface area contributed by atoms with E-state index < -0.39 is 0 Å². The van der Waals surface area contributed by atoms with Crippen molar-refractivity contribution in [3.8, 4) is 22.8 Å². The van der Waals surface area contributed by atoms with Crippen LogP contribution < -0.4 is 9.47 Å². The van der Waals surface area contributed by atoms with Crippen LogP contribution in [0, 0.1) is 0 Å². The van der Waals surface area contributed by atoms with Gasteiger partial charge in [-0.3, -0.25) is 0 Å². The molecule has 0 amide bonds. The van der Waals surface area contributed by atoms with Crippen molar-refractivity contribution in [1.29, 1.82) is 0 Å². The average molecular weight is 321 g/mol. The fourth-order valence-corrected chi connectivity index (χ4v) is 3.59. The second-order valence-electron chi connectivity index (χ2n) is 4.82. The zero-order chi connectivity index (χ0) is 13.5. The molecule has 0 radical (unpaired) electrons. The number of nitrogens with zero attached hydrogens (tertiary/aromatic N) is 2. The number of aromatic nitrogens is 2. The summed E-state index contributed by atoms with van der Waals surface area (Å²) < 4.78 is 17.0. The van der Waals surface area contributed by atoms with Gasteiger partial charge in [0.05, 0.1) is 0 Å². The summed E-state index contributed by atoms with van der Waals surface area (Å²) in [6, 6.07) is 5.82. The summed E-state index contributed by atoms with van der Waals surface area (Å²) in [5, 5.41) is 4.28. The Bertz CT molecular complexity index is 634. The van der Waals surface area contributed by atoms with Gasteiger partial charge in [-0.05, 0) is 0 Å². The first-order valence-electron chi connectivity index (χ1n) is 6.02. The summed E-state index contributed by atoms with van der Waals surface area (Å²) in [5.74, 6) is 1.58. The van der Waals surface area contributed by atoms with Gasteiger partial charge in [0.1, 0.15) is 0 Å². The maximum atomic E-state index is 6.09. The Hall–Kier alpha value is -1.58. The second kappa shape index (κ2) is 4.51. The van der Waals surface area contributed by atoms with Crippen molar-refractivity contribution in [2.75, 3.05) is 6.61 Å². The third-order valence-electron chi connectivity index (χ3n) is 2.98. The molecule has 0 atom stereocenters. The molecule has 5 heteroatoms. The van der Waals surface area contributed by atoms with Crippen LogP contribution >= 0.6 is 0 Å². The molecular formula is C14H14N2O2Se. The standard InChI is InChI=1S/C14H14N2O2Se/c1-4-7-17-9-5-6-10-11(8-9)18-14(2,3)13-12(10)15-16-19-13/h4-6,8H,1,7H2,2-3H3. The molecule has 0 aliphatic carbocycles. The molecule has 0 saturated carbocycles. The van der Waals surface area contributed by atoms with E-state index in [9.17, 15) is 0 Å². The van der Waals surface area contributed by atoms with Gasteiger partial charge in [0.2, 0.25) is 0 Å². The van der Waals surface area contributed by atoms with E-state index in [-0.39, 0.29) is 20.3 Å². The monoisotopic (exact) mass is 322 g/mol. The predicted octanol–water partition coefficient (Wildman–Crippen LogP) is 2.39. The van der Waals surface area contributed by atoms with Gasteiger partial charge in [-0.2, -0.15) is 0 Å². The fourth-order valence-electron chi connectivity index (χ4n) is 2.11. The summed E-state index contributed by atoms with van der Waals surface area (Å²) in [5.41, 5.74) is 1.63. The van der Waals surface area contributed by atoms with E-state index in [4.69, 9.17) is 9.47 Å². The zero-order valence-electron chi connectivity index (χ0n) is 10.8. The summed E-state index contributed by atoms with van der Waals surface area (Å²) >= 11 is 0.0501. The van der Waals surface area contributed by atoms with Crippen molar-refractivity contribution in [2.24, 2.45) is 0 Å². The molecule has 0 spiro atoms. The van der Waals surface area contributed by atoms with E-state index in [1.54, 1.807) is 6.08 Å². The third kappa shape index (κ3) is 2.09. The van der Waals surface area contributed by atoms with Gasteiger partial charge < -0.3 is 0 Å². The first kappa shape index (κ1) is 12.5.